The molecule has 0 radical (unpaired) electrons. The van der Waals surface area contributed by atoms with E-state index in [1.165, 1.54) is 12.3 Å². The highest BCUT2D eigenvalue weighted by molar-refractivity contribution is 5.95. The molecule has 0 saturated heterocycles. The van der Waals surface area contributed by atoms with Crippen molar-refractivity contribution in [1.29, 1.82) is 0 Å². The second-order valence-corrected chi connectivity index (χ2v) is 4.52. The zero-order valence-electron chi connectivity index (χ0n) is 11.3. The lowest BCUT2D eigenvalue weighted by Gasteiger charge is -2.02. The number of rotatable bonds is 5. The Balaban J connectivity index is 2.16. The minimum Gasteiger partial charge on any atom is -0.370 e. The van der Waals surface area contributed by atoms with Gasteiger partial charge in [-0.05, 0) is 12.1 Å². The van der Waals surface area contributed by atoms with Crippen molar-refractivity contribution in [2.45, 2.75) is 6.42 Å². The number of carbonyl (C=O) groups excluding carboxylic acids is 2. The Kier molecular flexibility index (Phi) is 4.50. The zero-order valence-corrected chi connectivity index (χ0v) is 11.3. The fourth-order valence-electron chi connectivity index (χ4n) is 1.81. The summed E-state index contributed by atoms with van der Waals surface area (Å²) in [5.41, 5.74) is 5.02. The summed E-state index contributed by atoms with van der Waals surface area (Å²) in [7, 11) is 0. The SMILES string of the molecule is NC(=O)CCNC(=O)c1c[nH]c(-c2cc(F)c(F)cc2F)c1. The standard InChI is InChI=1S/C14H12F3N3O2/c15-9-5-11(17)10(16)4-8(9)12-3-7(6-20-12)14(22)19-2-1-13(18)21/h3-6,20H,1-2H2,(H2,18,21)(H,19,22). The smallest absolute Gasteiger partial charge is 0.252 e. The van der Waals surface area contributed by atoms with E-state index in [1.807, 2.05) is 0 Å². The number of aromatic nitrogens is 1. The number of halogens is 3. The van der Waals surface area contributed by atoms with E-state index < -0.39 is 29.3 Å². The van der Waals surface area contributed by atoms with Gasteiger partial charge in [0.1, 0.15) is 5.82 Å². The van der Waals surface area contributed by atoms with Crippen LogP contribution in [0.3, 0.4) is 0 Å². The Morgan fingerprint density at radius 3 is 2.45 bits per heavy atom. The third-order valence-electron chi connectivity index (χ3n) is 2.90. The number of nitrogens with one attached hydrogen (secondary N) is 2. The van der Waals surface area contributed by atoms with E-state index in [4.69, 9.17) is 5.73 Å². The van der Waals surface area contributed by atoms with Gasteiger partial charge in [0.15, 0.2) is 11.6 Å². The number of H-pyrrole nitrogens is 1. The van der Waals surface area contributed by atoms with Gasteiger partial charge in [-0.2, -0.15) is 0 Å². The van der Waals surface area contributed by atoms with E-state index in [0.717, 1.165) is 0 Å². The normalized spacial score (nSPS) is 10.5. The first-order valence-electron chi connectivity index (χ1n) is 6.28. The van der Waals surface area contributed by atoms with Crippen molar-refractivity contribution < 1.29 is 22.8 Å². The van der Waals surface area contributed by atoms with Crippen LogP contribution in [0.15, 0.2) is 24.4 Å². The average molecular weight is 311 g/mol. The molecule has 0 bridgehead atoms. The molecular weight excluding hydrogens is 299 g/mol. The van der Waals surface area contributed by atoms with E-state index >= 15 is 0 Å². The molecule has 22 heavy (non-hydrogen) atoms. The molecule has 0 aliphatic rings. The van der Waals surface area contributed by atoms with Gasteiger partial charge in [0.25, 0.3) is 5.91 Å². The third kappa shape index (κ3) is 3.46. The number of nitrogens with two attached hydrogens (primary N) is 1. The molecule has 0 atom stereocenters. The summed E-state index contributed by atoms with van der Waals surface area (Å²) in [5.74, 6) is -4.51. The largest absolute Gasteiger partial charge is 0.370 e. The lowest BCUT2D eigenvalue weighted by Crippen LogP contribution is -2.27. The van der Waals surface area contributed by atoms with Gasteiger partial charge < -0.3 is 16.0 Å². The van der Waals surface area contributed by atoms with Crippen molar-refractivity contribution in [1.82, 2.24) is 10.3 Å². The van der Waals surface area contributed by atoms with Crippen molar-refractivity contribution in [3.63, 3.8) is 0 Å². The van der Waals surface area contributed by atoms with E-state index in [9.17, 15) is 22.8 Å². The maximum atomic E-state index is 13.6. The molecule has 2 aromatic rings. The minimum absolute atomic E-state index is 0.0131. The molecule has 1 aromatic heterocycles. The Morgan fingerprint density at radius 2 is 1.77 bits per heavy atom. The van der Waals surface area contributed by atoms with E-state index in [1.54, 1.807) is 0 Å². The van der Waals surface area contributed by atoms with E-state index in [-0.39, 0.29) is 29.8 Å². The van der Waals surface area contributed by atoms with Gasteiger partial charge in [0, 0.05) is 36.5 Å². The summed E-state index contributed by atoms with van der Waals surface area (Å²) in [6.07, 6.45) is 1.27. The molecule has 2 rings (SSSR count). The van der Waals surface area contributed by atoms with Gasteiger partial charge in [-0.1, -0.05) is 0 Å². The van der Waals surface area contributed by atoms with Crippen molar-refractivity contribution in [3.05, 3.63) is 47.4 Å². The van der Waals surface area contributed by atoms with Gasteiger partial charge in [0.05, 0.1) is 5.56 Å². The topological polar surface area (TPSA) is 88.0 Å². The molecule has 0 fully saturated rings. The minimum atomic E-state index is -1.29. The molecule has 5 nitrogen and oxygen atoms in total. The van der Waals surface area contributed by atoms with Crippen LogP contribution in [0.25, 0.3) is 11.3 Å². The molecule has 1 aromatic carbocycles. The summed E-state index contributed by atoms with van der Waals surface area (Å²) < 4.78 is 39.7. The quantitative estimate of drug-likeness (QED) is 0.734. The van der Waals surface area contributed by atoms with Crippen LogP contribution in [-0.4, -0.2) is 23.3 Å². The Labute approximate surface area is 123 Å². The van der Waals surface area contributed by atoms with Gasteiger partial charge in [0.2, 0.25) is 5.91 Å². The van der Waals surface area contributed by atoms with Gasteiger partial charge in [-0.25, -0.2) is 13.2 Å². The molecule has 1 heterocycles. The lowest BCUT2D eigenvalue weighted by atomic mass is 10.1. The Bertz CT molecular complexity index is 728. The molecule has 2 amide bonds. The number of primary amides is 1. The number of aromatic amines is 1. The maximum absolute atomic E-state index is 13.6. The number of benzene rings is 1. The third-order valence-corrected chi connectivity index (χ3v) is 2.90. The van der Waals surface area contributed by atoms with Crippen LogP contribution < -0.4 is 11.1 Å². The van der Waals surface area contributed by atoms with Gasteiger partial charge in [-0.3, -0.25) is 9.59 Å². The van der Waals surface area contributed by atoms with Crippen LogP contribution in [0.5, 0.6) is 0 Å². The molecule has 0 aliphatic heterocycles. The molecule has 116 valence electrons. The second kappa shape index (κ2) is 6.33. The number of amides is 2. The highest BCUT2D eigenvalue weighted by atomic mass is 19.2. The zero-order chi connectivity index (χ0) is 16.3. The number of hydrogen-bond donors (Lipinski definition) is 3. The first kappa shape index (κ1) is 15.6. The summed E-state index contributed by atoms with van der Waals surface area (Å²) >= 11 is 0. The monoisotopic (exact) mass is 311 g/mol. The van der Waals surface area contributed by atoms with Crippen molar-refractivity contribution in [2.24, 2.45) is 5.73 Å². The van der Waals surface area contributed by atoms with Gasteiger partial charge >= 0.3 is 0 Å². The fourth-order valence-corrected chi connectivity index (χ4v) is 1.81. The average Bonchev–Trinajstić information content (AvgIpc) is 2.92. The summed E-state index contributed by atoms with van der Waals surface area (Å²) in [6.45, 7) is 0.0637. The molecule has 4 N–H and O–H groups in total. The molecule has 0 aliphatic carbocycles. The van der Waals surface area contributed by atoms with Crippen LogP contribution in [0.4, 0.5) is 13.2 Å². The first-order chi connectivity index (χ1) is 10.4. The molecule has 0 saturated carbocycles. The van der Waals surface area contributed by atoms with Crippen LogP contribution in [0.1, 0.15) is 16.8 Å². The lowest BCUT2D eigenvalue weighted by molar-refractivity contribution is -0.117. The van der Waals surface area contributed by atoms with Crippen molar-refractivity contribution in [2.75, 3.05) is 6.54 Å². The first-order valence-corrected chi connectivity index (χ1v) is 6.28. The van der Waals surface area contributed by atoms with Gasteiger partial charge in [-0.15, -0.1) is 0 Å². The molecule has 8 heteroatoms. The van der Waals surface area contributed by atoms with E-state index in [2.05, 4.69) is 10.3 Å². The number of carbonyl (C=O) groups is 2. The molecule has 0 spiro atoms. The van der Waals surface area contributed by atoms with Crippen molar-refractivity contribution in [3.8, 4) is 11.3 Å². The highest BCUT2D eigenvalue weighted by Gasteiger charge is 2.15. The van der Waals surface area contributed by atoms with Crippen LogP contribution >= 0.6 is 0 Å². The summed E-state index contributed by atoms with van der Waals surface area (Å²) in [4.78, 5) is 24.9. The summed E-state index contributed by atoms with van der Waals surface area (Å²) in [6, 6.07) is 2.42. The Morgan fingerprint density at radius 1 is 1.09 bits per heavy atom. The molecular formula is C14H12F3N3O2. The van der Waals surface area contributed by atoms with Crippen LogP contribution in [0.2, 0.25) is 0 Å². The second-order valence-electron chi connectivity index (χ2n) is 4.52. The number of hydrogen-bond acceptors (Lipinski definition) is 2. The van der Waals surface area contributed by atoms with E-state index in [0.29, 0.717) is 12.1 Å². The predicted octanol–water partition coefficient (Wildman–Crippen LogP) is 1.70. The maximum Gasteiger partial charge on any atom is 0.252 e. The van der Waals surface area contributed by atoms with Crippen LogP contribution in [-0.2, 0) is 4.79 Å². The predicted molar refractivity (Wildman–Crippen MR) is 72.2 cm³/mol. The Hall–Kier alpha value is -2.77. The molecule has 0 unspecified atom stereocenters. The summed E-state index contributed by atoms with van der Waals surface area (Å²) in [5, 5.41) is 2.44. The van der Waals surface area contributed by atoms with Crippen molar-refractivity contribution >= 4 is 11.8 Å². The van der Waals surface area contributed by atoms with Crippen LogP contribution in [0, 0.1) is 17.5 Å². The fraction of sp³-hybridized carbons (Fsp3) is 0.143. The highest BCUT2D eigenvalue weighted by Crippen LogP contribution is 2.24.